The maximum absolute atomic E-state index is 12.4. The number of hydrogen-bond acceptors (Lipinski definition) is 5. The van der Waals surface area contributed by atoms with Gasteiger partial charge in [0.05, 0.1) is 11.4 Å². The normalized spacial score (nSPS) is 13.0. The number of carbonyl (C=O) groups is 2. The lowest BCUT2D eigenvalue weighted by Gasteiger charge is -2.29. The monoisotopic (exact) mass is 427 g/mol. The number of hydrogen-bond donors (Lipinski definition) is 1. The summed E-state index contributed by atoms with van der Waals surface area (Å²) in [7, 11) is 0. The molecule has 29 heavy (non-hydrogen) atoms. The minimum absolute atomic E-state index is 0.0516. The average Bonchev–Trinajstić information content (AvgIpc) is 3.18. The van der Waals surface area contributed by atoms with Gasteiger partial charge in [-0.05, 0) is 42.8 Å². The molecule has 0 spiro atoms. The number of thiazole rings is 1. The second kappa shape index (κ2) is 8.23. The summed E-state index contributed by atoms with van der Waals surface area (Å²) in [5.41, 5.74) is 2.78. The molecule has 2 heterocycles. The molecule has 8 heteroatoms. The third kappa shape index (κ3) is 4.11. The van der Waals surface area contributed by atoms with E-state index in [1.54, 1.807) is 29.2 Å². The fourth-order valence-electron chi connectivity index (χ4n) is 3.09. The molecule has 2 aromatic carbocycles. The number of halogens is 1. The van der Waals surface area contributed by atoms with E-state index >= 15 is 0 Å². The molecule has 0 aliphatic carbocycles. The number of amides is 2. The van der Waals surface area contributed by atoms with E-state index in [4.69, 9.17) is 16.3 Å². The molecule has 3 aromatic rings. The van der Waals surface area contributed by atoms with Crippen LogP contribution in [0.5, 0.6) is 5.75 Å². The van der Waals surface area contributed by atoms with Crippen molar-refractivity contribution in [2.45, 2.75) is 13.3 Å². The highest BCUT2D eigenvalue weighted by Crippen LogP contribution is 2.37. The van der Waals surface area contributed by atoms with E-state index in [9.17, 15) is 9.59 Å². The maximum atomic E-state index is 12.4. The Morgan fingerprint density at radius 2 is 2.17 bits per heavy atom. The molecular weight excluding hydrogens is 410 g/mol. The van der Waals surface area contributed by atoms with Crippen molar-refractivity contribution in [1.29, 1.82) is 0 Å². The van der Waals surface area contributed by atoms with Crippen LogP contribution in [-0.2, 0) is 4.79 Å². The molecule has 148 valence electrons. The van der Waals surface area contributed by atoms with Gasteiger partial charge in [0.2, 0.25) is 0 Å². The van der Waals surface area contributed by atoms with Gasteiger partial charge < -0.3 is 9.64 Å². The van der Waals surface area contributed by atoms with Crippen LogP contribution >= 0.6 is 22.9 Å². The Morgan fingerprint density at radius 1 is 1.31 bits per heavy atom. The summed E-state index contributed by atoms with van der Waals surface area (Å²) >= 11 is 7.28. The standard InChI is InChI=1S/C21H18ClN3O3S/c1-2-8-25-17-10-13(6-7-18(17)28-11-19(25)26)16-12-29-21(23-16)24-20(27)14-4-3-5-15(22)9-14/h3-7,9-10,12H,2,8,11H2,1H3,(H,23,24,27). The Hall–Kier alpha value is -2.90. The largest absolute Gasteiger partial charge is 0.482 e. The Labute approximate surface area is 177 Å². The van der Waals surface area contributed by atoms with Crippen molar-refractivity contribution in [3.8, 4) is 17.0 Å². The first-order valence-corrected chi connectivity index (χ1v) is 10.4. The van der Waals surface area contributed by atoms with E-state index < -0.39 is 0 Å². The van der Waals surface area contributed by atoms with Gasteiger partial charge in [-0.15, -0.1) is 11.3 Å². The van der Waals surface area contributed by atoms with Gasteiger partial charge in [0.25, 0.3) is 11.8 Å². The second-order valence-electron chi connectivity index (χ2n) is 6.52. The molecule has 0 saturated heterocycles. The molecule has 0 radical (unpaired) electrons. The minimum Gasteiger partial charge on any atom is -0.482 e. The molecule has 2 amide bonds. The highest BCUT2D eigenvalue weighted by molar-refractivity contribution is 7.14. The molecule has 4 rings (SSSR count). The number of carbonyl (C=O) groups excluding carboxylic acids is 2. The van der Waals surface area contributed by atoms with Crippen LogP contribution in [0.25, 0.3) is 11.3 Å². The number of rotatable bonds is 5. The van der Waals surface area contributed by atoms with Gasteiger partial charge in [-0.3, -0.25) is 14.9 Å². The van der Waals surface area contributed by atoms with E-state index in [-0.39, 0.29) is 18.4 Å². The lowest BCUT2D eigenvalue weighted by atomic mass is 10.1. The highest BCUT2D eigenvalue weighted by Gasteiger charge is 2.25. The Bertz CT molecular complexity index is 1080. The quantitative estimate of drug-likeness (QED) is 0.631. The smallest absolute Gasteiger partial charge is 0.265 e. The van der Waals surface area contributed by atoms with Gasteiger partial charge in [-0.25, -0.2) is 4.98 Å². The first-order valence-electron chi connectivity index (χ1n) is 9.15. The van der Waals surface area contributed by atoms with Crippen molar-refractivity contribution < 1.29 is 14.3 Å². The summed E-state index contributed by atoms with van der Waals surface area (Å²) in [6, 6.07) is 12.4. The zero-order valence-electron chi connectivity index (χ0n) is 15.6. The topological polar surface area (TPSA) is 71.5 Å². The number of nitrogens with zero attached hydrogens (tertiary/aromatic N) is 2. The number of fused-ring (bicyclic) bond motifs is 1. The Kier molecular flexibility index (Phi) is 5.51. The molecule has 6 nitrogen and oxygen atoms in total. The lowest BCUT2D eigenvalue weighted by Crippen LogP contribution is -2.39. The fourth-order valence-corrected chi connectivity index (χ4v) is 4.00. The number of benzene rings is 2. The van der Waals surface area contributed by atoms with Crippen molar-refractivity contribution in [3.05, 3.63) is 58.4 Å². The van der Waals surface area contributed by atoms with E-state index in [1.807, 2.05) is 30.5 Å². The van der Waals surface area contributed by atoms with Crippen LogP contribution in [0.1, 0.15) is 23.7 Å². The van der Waals surface area contributed by atoms with Crippen molar-refractivity contribution in [2.24, 2.45) is 0 Å². The molecule has 0 unspecified atom stereocenters. The van der Waals surface area contributed by atoms with Crippen LogP contribution in [-0.4, -0.2) is 29.9 Å². The Morgan fingerprint density at radius 3 is 2.97 bits per heavy atom. The number of nitrogens with one attached hydrogen (secondary N) is 1. The van der Waals surface area contributed by atoms with Gasteiger partial charge in [0, 0.05) is 28.1 Å². The van der Waals surface area contributed by atoms with Gasteiger partial charge in [0.1, 0.15) is 5.75 Å². The minimum atomic E-state index is -0.271. The van der Waals surface area contributed by atoms with Crippen LogP contribution in [0.2, 0.25) is 5.02 Å². The molecule has 1 aliphatic heterocycles. The molecule has 1 aromatic heterocycles. The van der Waals surface area contributed by atoms with Gasteiger partial charge in [0.15, 0.2) is 11.7 Å². The van der Waals surface area contributed by atoms with E-state index in [0.717, 1.165) is 17.7 Å². The summed E-state index contributed by atoms with van der Waals surface area (Å²) in [6.07, 6.45) is 0.853. The van der Waals surface area contributed by atoms with Crippen LogP contribution in [0.15, 0.2) is 47.8 Å². The van der Waals surface area contributed by atoms with Crippen LogP contribution < -0.4 is 15.0 Å². The SMILES string of the molecule is CCCN1C(=O)COc2ccc(-c3csc(NC(=O)c4cccc(Cl)c4)n3)cc21. The number of aromatic nitrogens is 1. The molecule has 0 fully saturated rings. The van der Waals surface area contributed by atoms with Gasteiger partial charge in [-0.1, -0.05) is 24.6 Å². The first kappa shape index (κ1) is 19.4. The van der Waals surface area contributed by atoms with Crippen molar-refractivity contribution >= 4 is 45.6 Å². The van der Waals surface area contributed by atoms with E-state index in [0.29, 0.717) is 33.7 Å². The fraction of sp³-hybridized carbons (Fsp3) is 0.190. The summed E-state index contributed by atoms with van der Waals surface area (Å²) in [4.78, 5) is 30.9. The van der Waals surface area contributed by atoms with E-state index in [2.05, 4.69) is 10.3 Å². The van der Waals surface area contributed by atoms with Gasteiger partial charge in [-0.2, -0.15) is 0 Å². The maximum Gasteiger partial charge on any atom is 0.265 e. The summed E-state index contributed by atoms with van der Waals surface area (Å²) in [6.45, 7) is 2.72. The van der Waals surface area contributed by atoms with Crippen LogP contribution in [0.3, 0.4) is 0 Å². The van der Waals surface area contributed by atoms with E-state index in [1.165, 1.54) is 11.3 Å². The summed E-state index contributed by atoms with van der Waals surface area (Å²) < 4.78 is 5.54. The number of anilines is 2. The lowest BCUT2D eigenvalue weighted by molar-refractivity contribution is -0.121. The third-order valence-electron chi connectivity index (χ3n) is 4.46. The summed E-state index contributed by atoms with van der Waals surface area (Å²) in [5.74, 6) is 0.364. The number of ether oxygens (including phenoxy) is 1. The third-order valence-corrected chi connectivity index (χ3v) is 5.45. The molecular formula is C21H18ClN3O3S. The van der Waals surface area contributed by atoms with Crippen molar-refractivity contribution in [3.63, 3.8) is 0 Å². The summed E-state index contributed by atoms with van der Waals surface area (Å²) in [5, 5.41) is 5.65. The van der Waals surface area contributed by atoms with Crippen molar-refractivity contribution in [1.82, 2.24) is 4.98 Å². The molecule has 0 bridgehead atoms. The van der Waals surface area contributed by atoms with Crippen LogP contribution in [0, 0.1) is 0 Å². The zero-order valence-corrected chi connectivity index (χ0v) is 17.2. The molecule has 1 aliphatic rings. The predicted octanol–water partition coefficient (Wildman–Crippen LogP) is 4.85. The Balaban J connectivity index is 1.57. The predicted molar refractivity (Wildman–Crippen MR) is 115 cm³/mol. The highest BCUT2D eigenvalue weighted by atomic mass is 35.5. The molecule has 1 N–H and O–H groups in total. The first-order chi connectivity index (χ1) is 14.0. The van der Waals surface area contributed by atoms with Crippen molar-refractivity contribution in [2.75, 3.05) is 23.4 Å². The second-order valence-corrected chi connectivity index (χ2v) is 7.81. The zero-order chi connectivity index (χ0) is 20.4. The van der Waals surface area contributed by atoms with Gasteiger partial charge >= 0.3 is 0 Å². The average molecular weight is 428 g/mol. The van der Waals surface area contributed by atoms with Crippen LogP contribution in [0.4, 0.5) is 10.8 Å². The molecule has 0 atom stereocenters. The molecule has 0 saturated carbocycles.